The molecule has 1 aromatic rings. The van der Waals surface area contributed by atoms with Crippen molar-refractivity contribution in [2.75, 3.05) is 26.2 Å². The highest BCUT2D eigenvalue weighted by Crippen LogP contribution is 2.30. The molecule has 0 aromatic carbocycles. The van der Waals surface area contributed by atoms with Gasteiger partial charge in [-0.25, -0.2) is 9.78 Å². The van der Waals surface area contributed by atoms with Gasteiger partial charge in [0.05, 0.1) is 12.2 Å². The number of piperazine rings is 1. The molecule has 19 heavy (non-hydrogen) atoms. The number of nitrogens with one attached hydrogen (secondary N) is 1. The minimum atomic E-state index is -0.867. The van der Waals surface area contributed by atoms with Crippen LogP contribution in [0.4, 0.5) is 0 Å². The highest BCUT2D eigenvalue weighted by atomic mass is 32.1. The third-order valence-electron chi connectivity index (χ3n) is 3.14. The van der Waals surface area contributed by atoms with E-state index >= 15 is 0 Å². The lowest BCUT2D eigenvalue weighted by atomic mass is 9.91. The Kier molecular flexibility index (Phi) is 4.23. The molecular weight excluding hydrogens is 262 g/mol. The summed E-state index contributed by atoms with van der Waals surface area (Å²) in [5.74, 6) is -0.867. The van der Waals surface area contributed by atoms with Crippen molar-refractivity contribution in [3.63, 3.8) is 0 Å². The van der Waals surface area contributed by atoms with Gasteiger partial charge in [-0.15, -0.1) is 11.3 Å². The topological polar surface area (TPSA) is 65.5 Å². The second-order valence-corrected chi connectivity index (χ2v) is 6.95. The quantitative estimate of drug-likeness (QED) is 0.881. The first-order valence-corrected chi connectivity index (χ1v) is 7.36. The van der Waals surface area contributed by atoms with Gasteiger partial charge in [0.25, 0.3) is 0 Å². The third-order valence-corrected chi connectivity index (χ3v) is 4.17. The van der Waals surface area contributed by atoms with E-state index in [1.54, 1.807) is 0 Å². The number of nitrogens with zero attached hydrogens (tertiary/aromatic N) is 2. The zero-order valence-electron chi connectivity index (χ0n) is 11.7. The summed E-state index contributed by atoms with van der Waals surface area (Å²) < 4.78 is 0. The zero-order chi connectivity index (χ0) is 14.0. The molecule has 0 bridgehead atoms. The molecule has 0 aliphatic carbocycles. The minimum absolute atomic E-state index is 0.230. The summed E-state index contributed by atoms with van der Waals surface area (Å²) in [6.07, 6.45) is 0. The van der Waals surface area contributed by atoms with Gasteiger partial charge in [-0.05, 0) is 0 Å². The Morgan fingerprint density at radius 3 is 2.53 bits per heavy atom. The van der Waals surface area contributed by atoms with E-state index < -0.39 is 5.97 Å². The van der Waals surface area contributed by atoms with Crippen LogP contribution in [-0.4, -0.2) is 47.1 Å². The first-order valence-electron chi connectivity index (χ1n) is 6.54. The molecule has 0 spiro atoms. The highest BCUT2D eigenvalue weighted by Gasteiger charge is 2.27. The first-order chi connectivity index (χ1) is 8.88. The lowest BCUT2D eigenvalue weighted by Gasteiger charge is -2.26. The fraction of sp³-hybridized carbons (Fsp3) is 0.692. The van der Waals surface area contributed by atoms with Crippen LogP contribution in [0.25, 0.3) is 0 Å². The predicted molar refractivity (Wildman–Crippen MR) is 75.9 cm³/mol. The Morgan fingerprint density at radius 1 is 1.42 bits per heavy atom. The molecule has 1 fully saturated rings. The van der Waals surface area contributed by atoms with E-state index in [-0.39, 0.29) is 5.41 Å². The molecule has 0 unspecified atom stereocenters. The van der Waals surface area contributed by atoms with Gasteiger partial charge in [0.2, 0.25) is 0 Å². The molecule has 0 atom stereocenters. The molecule has 0 radical (unpaired) electrons. The molecule has 5 nitrogen and oxygen atoms in total. The molecule has 2 heterocycles. The minimum Gasteiger partial charge on any atom is -0.477 e. The molecule has 6 heteroatoms. The SMILES string of the molecule is CC(C)(C)c1nc(CN2CCNCC2)sc1C(=O)O. The summed E-state index contributed by atoms with van der Waals surface area (Å²) in [6.45, 7) is 10.7. The molecule has 1 saturated heterocycles. The number of hydrogen-bond donors (Lipinski definition) is 2. The van der Waals surface area contributed by atoms with Gasteiger partial charge in [-0.2, -0.15) is 0 Å². The van der Waals surface area contributed by atoms with E-state index in [2.05, 4.69) is 15.2 Å². The van der Waals surface area contributed by atoms with Crippen LogP contribution >= 0.6 is 11.3 Å². The van der Waals surface area contributed by atoms with Crippen molar-refractivity contribution >= 4 is 17.3 Å². The van der Waals surface area contributed by atoms with Gasteiger partial charge < -0.3 is 10.4 Å². The third kappa shape index (κ3) is 3.52. The van der Waals surface area contributed by atoms with Crippen LogP contribution in [0.15, 0.2) is 0 Å². The fourth-order valence-corrected chi connectivity index (χ4v) is 3.30. The van der Waals surface area contributed by atoms with E-state index in [1.807, 2.05) is 20.8 Å². The van der Waals surface area contributed by atoms with E-state index in [0.29, 0.717) is 10.6 Å². The molecule has 0 amide bonds. The Labute approximate surface area is 117 Å². The average molecular weight is 283 g/mol. The van der Waals surface area contributed by atoms with Crippen molar-refractivity contribution in [2.45, 2.75) is 32.7 Å². The average Bonchev–Trinajstić information content (AvgIpc) is 2.74. The second-order valence-electron chi connectivity index (χ2n) is 5.87. The van der Waals surface area contributed by atoms with Crippen LogP contribution in [-0.2, 0) is 12.0 Å². The van der Waals surface area contributed by atoms with E-state index in [4.69, 9.17) is 0 Å². The number of hydrogen-bond acceptors (Lipinski definition) is 5. The molecule has 2 rings (SSSR count). The summed E-state index contributed by atoms with van der Waals surface area (Å²) in [7, 11) is 0. The van der Waals surface area contributed by atoms with Crippen molar-refractivity contribution < 1.29 is 9.90 Å². The summed E-state index contributed by atoms with van der Waals surface area (Å²) in [5.41, 5.74) is 0.474. The number of aromatic nitrogens is 1. The van der Waals surface area contributed by atoms with Gasteiger partial charge in [-0.1, -0.05) is 20.8 Å². The largest absolute Gasteiger partial charge is 0.477 e. The smallest absolute Gasteiger partial charge is 0.347 e. The highest BCUT2D eigenvalue weighted by molar-refractivity contribution is 7.13. The lowest BCUT2D eigenvalue weighted by molar-refractivity contribution is 0.0699. The van der Waals surface area contributed by atoms with Crippen LogP contribution in [0.2, 0.25) is 0 Å². The monoisotopic (exact) mass is 283 g/mol. The van der Waals surface area contributed by atoms with Gasteiger partial charge in [0.1, 0.15) is 9.88 Å². The summed E-state index contributed by atoms with van der Waals surface area (Å²) in [6, 6.07) is 0. The number of carboxylic acids is 1. The second kappa shape index (κ2) is 5.56. The summed E-state index contributed by atoms with van der Waals surface area (Å²) in [4.78, 5) is 18.6. The van der Waals surface area contributed by atoms with Crippen LogP contribution in [0.3, 0.4) is 0 Å². The van der Waals surface area contributed by atoms with Gasteiger partial charge >= 0.3 is 5.97 Å². The number of thiazole rings is 1. The molecule has 1 aromatic heterocycles. The van der Waals surface area contributed by atoms with Crippen LogP contribution in [0.1, 0.15) is 41.1 Å². The zero-order valence-corrected chi connectivity index (χ0v) is 12.5. The van der Waals surface area contributed by atoms with Crippen molar-refractivity contribution in [3.05, 3.63) is 15.6 Å². The Hall–Kier alpha value is -0.980. The molecular formula is C13H21N3O2S. The van der Waals surface area contributed by atoms with Crippen molar-refractivity contribution in [2.24, 2.45) is 0 Å². The van der Waals surface area contributed by atoms with Crippen molar-refractivity contribution in [1.29, 1.82) is 0 Å². The van der Waals surface area contributed by atoms with E-state index in [0.717, 1.165) is 37.7 Å². The van der Waals surface area contributed by atoms with Crippen molar-refractivity contribution in [1.82, 2.24) is 15.2 Å². The van der Waals surface area contributed by atoms with E-state index in [1.165, 1.54) is 11.3 Å². The number of rotatable bonds is 3. The maximum atomic E-state index is 11.3. The molecule has 2 N–H and O–H groups in total. The van der Waals surface area contributed by atoms with Gasteiger partial charge in [0.15, 0.2) is 0 Å². The number of aromatic carboxylic acids is 1. The lowest BCUT2D eigenvalue weighted by Crippen LogP contribution is -2.42. The molecule has 0 saturated carbocycles. The van der Waals surface area contributed by atoms with Crippen molar-refractivity contribution in [3.8, 4) is 0 Å². The predicted octanol–water partition coefficient (Wildman–Crippen LogP) is 1.54. The summed E-state index contributed by atoms with van der Waals surface area (Å²) in [5, 5.41) is 13.5. The maximum Gasteiger partial charge on any atom is 0.347 e. The molecule has 1 aliphatic heterocycles. The van der Waals surface area contributed by atoms with E-state index in [9.17, 15) is 9.90 Å². The standard InChI is InChI=1S/C13H21N3O2S/c1-13(2,3)11-10(12(17)18)19-9(15-11)8-16-6-4-14-5-7-16/h14H,4-8H2,1-3H3,(H,17,18). The fourth-order valence-electron chi connectivity index (χ4n) is 2.15. The Morgan fingerprint density at radius 2 is 2.05 bits per heavy atom. The summed E-state index contributed by atoms with van der Waals surface area (Å²) >= 11 is 1.32. The maximum absolute atomic E-state index is 11.3. The first kappa shape index (κ1) is 14.4. The van der Waals surface area contributed by atoms with Crippen LogP contribution in [0, 0.1) is 0 Å². The van der Waals surface area contributed by atoms with Crippen LogP contribution in [0.5, 0.6) is 0 Å². The molecule has 106 valence electrons. The Balaban J connectivity index is 2.20. The number of carbonyl (C=O) groups is 1. The van der Waals surface area contributed by atoms with Crippen LogP contribution < -0.4 is 5.32 Å². The van der Waals surface area contributed by atoms with Gasteiger partial charge in [0, 0.05) is 31.6 Å². The number of carboxylic acid groups (broad SMARTS) is 1. The normalized spacial score (nSPS) is 17.6. The van der Waals surface area contributed by atoms with Gasteiger partial charge in [-0.3, -0.25) is 4.90 Å². The Bertz CT molecular complexity index is 459. The molecule has 1 aliphatic rings.